The lowest BCUT2D eigenvalue weighted by Crippen LogP contribution is -2.44. The second kappa shape index (κ2) is 11.4. The first-order chi connectivity index (χ1) is 17.0. The molecule has 5 nitrogen and oxygen atoms in total. The molecule has 0 spiro atoms. The van der Waals surface area contributed by atoms with Crippen molar-refractivity contribution in [2.75, 3.05) is 6.61 Å². The minimum atomic E-state index is -1.03. The molecule has 3 aromatic rings. The monoisotopic (exact) mass is 467 g/mol. The van der Waals surface area contributed by atoms with Gasteiger partial charge in [-0.3, -0.25) is 9.59 Å². The number of carboxylic acids is 1. The van der Waals surface area contributed by atoms with Crippen molar-refractivity contribution in [1.29, 1.82) is 0 Å². The minimum absolute atomic E-state index is 0.226. The van der Waals surface area contributed by atoms with Crippen LogP contribution < -0.4 is 5.32 Å². The van der Waals surface area contributed by atoms with E-state index in [1.54, 1.807) is 0 Å². The second-order valence-electron chi connectivity index (χ2n) is 8.78. The topological polar surface area (TPSA) is 86.6 Å². The molecule has 0 saturated carbocycles. The van der Waals surface area contributed by atoms with Crippen LogP contribution in [0.15, 0.2) is 103 Å². The van der Waals surface area contributed by atoms with Crippen LogP contribution >= 0.6 is 0 Å². The van der Waals surface area contributed by atoms with Gasteiger partial charge in [-0.05, 0) is 34.2 Å². The Bertz CT molecular complexity index is 1200. The Hall–Kier alpha value is -3.96. The van der Waals surface area contributed by atoms with E-state index in [0.29, 0.717) is 6.42 Å². The summed E-state index contributed by atoms with van der Waals surface area (Å²) in [7, 11) is 0. The first-order valence-electron chi connectivity index (χ1n) is 11.8. The summed E-state index contributed by atoms with van der Waals surface area (Å²) in [6.45, 7) is -0.226. The van der Waals surface area contributed by atoms with Crippen LogP contribution in [0.1, 0.15) is 17.5 Å². The summed E-state index contributed by atoms with van der Waals surface area (Å²) in [6.07, 6.45) is 5.96. The van der Waals surface area contributed by atoms with Gasteiger partial charge in [-0.25, -0.2) is 0 Å². The molecule has 1 unspecified atom stereocenters. The highest BCUT2D eigenvalue weighted by Gasteiger charge is 2.31. The maximum atomic E-state index is 13.1. The van der Waals surface area contributed by atoms with Gasteiger partial charge < -0.3 is 15.5 Å². The highest BCUT2D eigenvalue weighted by molar-refractivity contribution is 5.86. The van der Waals surface area contributed by atoms with Crippen LogP contribution in [0.4, 0.5) is 0 Å². The maximum Gasteiger partial charge on any atom is 0.304 e. The lowest BCUT2D eigenvalue weighted by atomic mass is 9.88. The normalized spacial score (nSPS) is 16.4. The van der Waals surface area contributed by atoms with E-state index in [4.69, 9.17) is 0 Å². The predicted octanol–water partition coefficient (Wildman–Crippen LogP) is 4.73. The van der Waals surface area contributed by atoms with Crippen LogP contribution in [0, 0.1) is 11.8 Å². The number of allylic oxidation sites excluding steroid dienone is 4. The molecule has 1 aliphatic carbocycles. The molecule has 3 aromatic carbocycles. The molecule has 0 fully saturated rings. The number of amides is 1. The van der Waals surface area contributed by atoms with Crippen LogP contribution in [0.3, 0.4) is 0 Å². The van der Waals surface area contributed by atoms with Crippen LogP contribution in [0.2, 0.25) is 0 Å². The number of carbonyl (C=O) groups is 2. The molecule has 3 atom stereocenters. The Balaban J connectivity index is 1.47. The molecule has 0 bridgehead atoms. The molecule has 35 heavy (non-hydrogen) atoms. The van der Waals surface area contributed by atoms with E-state index in [0.717, 1.165) is 27.8 Å². The van der Waals surface area contributed by atoms with Gasteiger partial charge in [-0.1, -0.05) is 103 Å². The number of hydrogen-bond acceptors (Lipinski definition) is 3. The maximum absolute atomic E-state index is 13.1. The summed E-state index contributed by atoms with van der Waals surface area (Å²) in [4.78, 5) is 24.7. The first kappa shape index (κ1) is 24.2. The largest absolute Gasteiger partial charge is 0.481 e. The number of aliphatic carboxylic acids is 1. The zero-order valence-electron chi connectivity index (χ0n) is 19.4. The molecular formula is C30H29NO4. The van der Waals surface area contributed by atoms with Crippen LogP contribution in [0.5, 0.6) is 0 Å². The number of nitrogens with one attached hydrogen (secondary N) is 1. The Labute approximate surface area is 205 Å². The highest BCUT2D eigenvalue weighted by atomic mass is 16.4. The van der Waals surface area contributed by atoms with Gasteiger partial charge in [-0.2, -0.15) is 0 Å². The lowest BCUT2D eigenvalue weighted by molar-refractivity contribution is -0.141. The Kier molecular flexibility index (Phi) is 7.91. The van der Waals surface area contributed by atoms with E-state index in [9.17, 15) is 19.8 Å². The van der Waals surface area contributed by atoms with Gasteiger partial charge in [0.15, 0.2) is 0 Å². The number of aliphatic hydroxyl groups is 1. The summed E-state index contributed by atoms with van der Waals surface area (Å²) in [5, 5.41) is 22.1. The number of aliphatic hydroxyl groups excluding tert-OH is 1. The summed E-state index contributed by atoms with van der Waals surface area (Å²) in [5.41, 5.74) is 5.21. The zero-order valence-corrected chi connectivity index (χ0v) is 19.4. The van der Waals surface area contributed by atoms with Crippen molar-refractivity contribution >= 4 is 17.4 Å². The molecule has 178 valence electrons. The molecule has 1 amide bonds. The summed E-state index contributed by atoms with van der Waals surface area (Å²) < 4.78 is 0. The van der Waals surface area contributed by atoms with Crippen LogP contribution in [0.25, 0.3) is 16.7 Å². The van der Waals surface area contributed by atoms with Crippen molar-refractivity contribution in [2.24, 2.45) is 11.8 Å². The third-order valence-electron chi connectivity index (χ3n) is 6.28. The van der Waals surface area contributed by atoms with Crippen molar-refractivity contribution < 1.29 is 19.8 Å². The first-order valence-corrected chi connectivity index (χ1v) is 11.8. The van der Waals surface area contributed by atoms with E-state index in [2.05, 4.69) is 29.6 Å². The fourth-order valence-electron chi connectivity index (χ4n) is 4.42. The van der Waals surface area contributed by atoms with Crippen LogP contribution in [-0.2, 0) is 16.0 Å². The van der Waals surface area contributed by atoms with Gasteiger partial charge in [0.2, 0.25) is 5.91 Å². The van der Waals surface area contributed by atoms with E-state index >= 15 is 0 Å². The van der Waals surface area contributed by atoms with E-state index < -0.39 is 17.9 Å². The van der Waals surface area contributed by atoms with Gasteiger partial charge in [0.05, 0.1) is 25.0 Å². The number of carbonyl (C=O) groups excluding carboxylic acids is 1. The SMILES string of the molecule is O=C(O)C[C@H](C(=O)N[C@H](CO)Cc1ccccc1)C1C=CC(c2ccc(-c3ccccc3)cc2)=C1. The van der Waals surface area contributed by atoms with Gasteiger partial charge >= 0.3 is 5.97 Å². The number of carboxylic acid groups (broad SMARTS) is 1. The summed E-state index contributed by atoms with van der Waals surface area (Å²) >= 11 is 0. The standard InChI is InChI=1S/C30H29NO4/c32-20-27(17-21-7-3-1-4-8-21)31-30(35)28(19-29(33)34)26-16-15-25(18-26)24-13-11-23(12-14-24)22-9-5-2-6-10-22/h1-16,18,26-28,32H,17,19-20H2,(H,31,35)(H,33,34)/t26?,27-,28-/m0/s1. The fraction of sp³-hybridized carbons (Fsp3) is 0.200. The number of hydrogen-bond donors (Lipinski definition) is 3. The molecule has 0 saturated heterocycles. The van der Waals surface area contributed by atoms with Crippen molar-refractivity contribution in [3.63, 3.8) is 0 Å². The summed E-state index contributed by atoms with van der Waals surface area (Å²) in [5.74, 6) is -2.51. The Morgan fingerprint density at radius 1 is 0.829 bits per heavy atom. The fourth-order valence-corrected chi connectivity index (χ4v) is 4.42. The van der Waals surface area contributed by atoms with Crippen molar-refractivity contribution in [2.45, 2.75) is 18.9 Å². The van der Waals surface area contributed by atoms with Crippen molar-refractivity contribution in [1.82, 2.24) is 5.32 Å². The van der Waals surface area contributed by atoms with Gasteiger partial charge in [0, 0.05) is 5.92 Å². The highest BCUT2D eigenvalue weighted by Crippen LogP contribution is 2.32. The van der Waals surface area contributed by atoms with Gasteiger partial charge in [0.1, 0.15) is 0 Å². The lowest BCUT2D eigenvalue weighted by Gasteiger charge is -2.23. The molecule has 0 aromatic heterocycles. The minimum Gasteiger partial charge on any atom is -0.481 e. The third-order valence-corrected chi connectivity index (χ3v) is 6.28. The molecule has 0 aliphatic heterocycles. The molecule has 5 heteroatoms. The average Bonchev–Trinajstić information content (AvgIpc) is 3.38. The van der Waals surface area contributed by atoms with E-state index in [-0.39, 0.29) is 24.9 Å². The van der Waals surface area contributed by atoms with Crippen molar-refractivity contribution in [3.05, 3.63) is 114 Å². The Morgan fingerprint density at radius 3 is 2.06 bits per heavy atom. The average molecular weight is 468 g/mol. The molecule has 1 aliphatic rings. The third kappa shape index (κ3) is 6.34. The van der Waals surface area contributed by atoms with Gasteiger partial charge in [0.25, 0.3) is 0 Å². The molecular weight excluding hydrogens is 438 g/mol. The smallest absolute Gasteiger partial charge is 0.304 e. The Morgan fingerprint density at radius 2 is 1.43 bits per heavy atom. The molecule has 0 heterocycles. The second-order valence-corrected chi connectivity index (χ2v) is 8.78. The van der Waals surface area contributed by atoms with E-state index in [1.807, 2.05) is 78.9 Å². The van der Waals surface area contributed by atoms with Crippen LogP contribution in [-0.4, -0.2) is 34.7 Å². The zero-order chi connectivity index (χ0) is 24.6. The number of benzene rings is 3. The molecule has 0 radical (unpaired) electrons. The molecule has 4 rings (SSSR count). The number of rotatable bonds is 10. The quantitative estimate of drug-likeness (QED) is 0.402. The van der Waals surface area contributed by atoms with Crippen molar-refractivity contribution in [3.8, 4) is 11.1 Å². The molecule has 3 N–H and O–H groups in total. The summed E-state index contributed by atoms with van der Waals surface area (Å²) in [6, 6.07) is 27.4. The van der Waals surface area contributed by atoms with Gasteiger partial charge in [-0.15, -0.1) is 0 Å². The van der Waals surface area contributed by atoms with E-state index in [1.165, 1.54) is 0 Å². The predicted molar refractivity (Wildman–Crippen MR) is 137 cm³/mol.